The van der Waals surface area contributed by atoms with Crippen molar-refractivity contribution < 1.29 is 17.9 Å². The second-order valence-corrected chi connectivity index (χ2v) is 8.47. The van der Waals surface area contributed by atoms with Crippen LogP contribution in [-0.4, -0.2) is 68.8 Å². The number of carbonyl (C=O) groups is 1. The smallest absolute Gasteiger partial charge is 0.243 e. The highest BCUT2D eigenvalue weighted by atomic mass is 32.2. The van der Waals surface area contributed by atoms with Crippen LogP contribution in [0.4, 0.5) is 0 Å². The van der Waals surface area contributed by atoms with E-state index in [4.69, 9.17) is 4.74 Å². The molecule has 2 fully saturated rings. The lowest BCUT2D eigenvalue weighted by molar-refractivity contribution is 0.00364. The molecule has 1 aromatic carbocycles. The number of hydrogen-bond donors (Lipinski definition) is 0. The van der Waals surface area contributed by atoms with Gasteiger partial charge in [0.15, 0.2) is 5.78 Å². The summed E-state index contributed by atoms with van der Waals surface area (Å²) in [4.78, 5) is 14.0. The van der Waals surface area contributed by atoms with Crippen LogP contribution in [-0.2, 0) is 14.8 Å². The number of benzene rings is 1. The Hall–Kier alpha value is -1.28. The van der Waals surface area contributed by atoms with Gasteiger partial charge in [0.25, 0.3) is 0 Å². The van der Waals surface area contributed by atoms with E-state index in [-0.39, 0.29) is 16.7 Å². The lowest BCUT2D eigenvalue weighted by Crippen LogP contribution is -2.62. The normalized spacial score (nSPS) is 21.6. The van der Waals surface area contributed by atoms with Crippen molar-refractivity contribution >= 4 is 15.8 Å². The van der Waals surface area contributed by atoms with E-state index in [0.29, 0.717) is 24.8 Å². The van der Waals surface area contributed by atoms with Crippen molar-refractivity contribution in [2.24, 2.45) is 0 Å². The number of sulfonamides is 1. The number of nitrogens with zero attached hydrogens (tertiary/aromatic N) is 2. The summed E-state index contributed by atoms with van der Waals surface area (Å²) in [7, 11) is -1.77. The molecule has 1 aromatic rings. The Morgan fingerprint density at radius 3 is 2.46 bits per heavy atom. The fourth-order valence-corrected chi connectivity index (χ4v) is 4.91. The number of rotatable bonds is 5. The molecule has 0 unspecified atom stereocenters. The molecule has 24 heavy (non-hydrogen) atoms. The predicted octanol–water partition coefficient (Wildman–Crippen LogP) is 1.37. The minimum Gasteiger partial charge on any atom is -0.381 e. The van der Waals surface area contributed by atoms with Crippen molar-refractivity contribution in [3.8, 4) is 0 Å². The molecule has 6 nitrogen and oxygen atoms in total. The maximum Gasteiger partial charge on any atom is 0.243 e. The number of ether oxygens (including phenoxy) is 1. The number of methoxy groups -OCH3 is 1. The molecule has 0 amide bonds. The van der Waals surface area contributed by atoms with Gasteiger partial charge in [0, 0.05) is 44.9 Å². The number of Topliss-reactive ketones (excluding diaryl/α,β-unsaturated/α-hetero) is 1. The van der Waals surface area contributed by atoms with E-state index < -0.39 is 10.0 Å². The quantitative estimate of drug-likeness (QED) is 0.749. The molecule has 2 saturated heterocycles. The zero-order valence-corrected chi connectivity index (χ0v) is 15.0. The van der Waals surface area contributed by atoms with Crippen LogP contribution in [0.2, 0.25) is 0 Å². The van der Waals surface area contributed by atoms with Crippen LogP contribution < -0.4 is 0 Å². The summed E-state index contributed by atoms with van der Waals surface area (Å²) < 4.78 is 32.3. The monoisotopic (exact) mass is 352 g/mol. The van der Waals surface area contributed by atoms with E-state index in [1.165, 1.54) is 17.3 Å². The third kappa shape index (κ3) is 3.39. The first-order valence-electron chi connectivity index (χ1n) is 8.30. The lowest BCUT2D eigenvalue weighted by atomic mass is 10.0. The second kappa shape index (κ2) is 6.92. The molecule has 0 spiro atoms. The SMILES string of the molecule is COC1CCN(C2CN(S(=O)(=O)c3cccc(C(C)=O)c3)C2)CC1. The van der Waals surface area contributed by atoms with Gasteiger partial charge in [-0.05, 0) is 31.9 Å². The number of likely N-dealkylation sites (tertiary alicyclic amines) is 1. The first-order chi connectivity index (χ1) is 11.4. The number of piperidine rings is 1. The van der Waals surface area contributed by atoms with Gasteiger partial charge in [0.05, 0.1) is 11.0 Å². The van der Waals surface area contributed by atoms with Gasteiger partial charge in [0.2, 0.25) is 10.0 Å². The molecule has 0 aromatic heterocycles. The number of ketones is 1. The Morgan fingerprint density at radius 1 is 1.21 bits per heavy atom. The summed E-state index contributed by atoms with van der Waals surface area (Å²) in [6.07, 6.45) is 2.33. The zero-order chi connectivity index (χ0) is 17.3. The Morgan fingerprint density at radius 2 is 1.88 bits per heavy atom. The molecule has 0 saturated carbocycles. The zero-order valence-electron chi connectivity index (χ0n) is 14.1. The molecular formula is C17H24N2O4S. The summed E-state index contributed by atoms with van der Waals surface area (Å²) in [6, 6.07) is 6.57. The first-order valence-corrected chi connectivity index (χ1v) is 9.74. The molecular weight excluding hydrogens is 328 g/mol. The number of hydrogen-bond acceptors (Lipinski definition) is 5. The summed E-state index contributed by atoms with van der Waals surface area (Å²) in [5, 5.41) is 0. The molecule has 7 heteroatoms. The van der Waals surface area contributed by atoms with Gasteiger partial charge in [-0.25, -0.2) is 8.42 Å². The maximum absolute atomic E-state index is 12.7. The van der Waals surface area contributed by atoms with Crippen molar-refractivity contribution in [1.29, 1.82) is 0 Å². The van der Waals surface area contributed by atoms with Crippen molar-refractivity contribution in [2.45, 2.75) is 36.8 Å². The minimum atomic E-state index is -3.52. The predicted molar refractivity (Wildman–Crippen MR) is 90.6 cm³/mol. The molecule has 0 bridgehead atoms. The van der Waals surface area contributed by atoms with E-state index in [1.807, 2.05) is 0 Å². The molecule has 0 aliphatic carbocycles. The molecule has 2 aliphatic heterocycles. The Bertz CT molecular complexity index is 705. The lowest BCUT2D eigenvalue weighted by Gasteiger charge is -2.46. The van der Waals surface area contributed by atoms with Gasteiger partial charge in [0.1, 0.15) is 0 Å². The van der Waals surface area contributed by atoms with Crippen LogP contribution in [0, 0.1) is 0 Å². The Labute approximate surface area is 143 Å². The Balaban J connectivity index is 1.62. The van der Waals surface area contributed by atoms with Gasteiger partial charge in [-0.1, -0.05) is 12.1 Å². The summed E-state index contributed by atoms with van der Waals surface area (Å²) in [5.74, 6) is -0.130. The molecule has 3 rings (SSSR count). The van der Waals surface area contributed by atoms with Crippen LogP contribution in [0.3, 0.4) is 0 Å². The van der Waals surface area contributed by atoms with Crippen LogP contribution in [0.25, 0.3) is 0 Å². The fraction of sp³-hybridized carbons (Fsp3) is 0.588. The molecule has 2 aliphatic rings. The van der Waals surface area contributed by atoms with Crippen LogP contribution in [0.5, 0.6) is 0 Å². The van der Waals surface area contributed by atoms with Crippen molar-refractivity contribution in [3.05, 3.63) is 29.8 Å². The number of carbonyl (C=O) groups excluding carboxylic acids is 1. The van der Waals surface area contributed by atoms with Crippen molar-refractivity contribution in [3.63, 3.8) is 0 Å². The van der Waals surface area contributed by atoms with Gasteiger partial charge in [-0.2, -0.15) is 4.31 Å². The third-order valence-electron chi connectivity index (χ3n) is 5.03. The average molecular weight is 352 g/mol. The van der Waals surface area contributed by atoms with Crippen molar-refractivity contribution in [2.75, 3.05) is 33.3 Å². The van der Waals surface area contributed by atoms with Crippen LogP contribution in [0.1, 0.15) is 30.1 Å². The van der Waals surface area contributed by atoms with Gasteiger partial charge >= 0.3 is 0 Å². The topological polar surface area (TPSA) is 66.9 Å². The highest BCUT2D eigenvalue weighted by Crippen LogP contribution is 2.27. The van der Waals surface area contributed by atoms with E-state index in [9.17, 15) is 13.2 Å². The van der Waals surface area contributed by atoms with E-state index in [2.05, 4.69) is 4.90 Å². The standard InChI is InChI=1S/C17H24N2O4S/c1-13(20)14-4-3-5-17(10-14)24(21,22)19-11-15(12-19)18-8-6-16(23-2)7-9-18/h3-5,10,15-16H,6-9,11-12H2,1-2H3. The molecule has 0 atom stereocenters. The summed E-state index contributed by atoms with van der Waals surface area (Å²) in [6.45, 7) is 4.39. The first kappa shape index (κ1) is 17.5. The third-order valence-corrected chi connectivity index (χ3v) is 6.86. The summed E-state index contributed by atoms with van der Waals surface area (Å²) in [5.41, 5.74) is 0.426. The van der Waals surface area contributed by atoms with Gasteiger partial charge in [-0.15, -0.1) is 0 Å². The molecule has 132 valence electrons. The van der Waals surface area contributed by atoms with E-state index >= 15 is 0 Å². The van der Waals surface area contributed by atoms with Crippen molar-refractivity contribution in [1.82, 2.24) is 9.21 Å². The highest BCUT2D eigenvalue weighted by molar-refractivity contribution is 7.89. The van der Waals surface area contributed by atoms with Gasteiger partial charge in [-0.3, -0.25) is 9.69 Å². The maximum atomic E-state index is 12.7. The van der Waals surface area contributed by atoms with Crippen LogP contribution in [0.15, 0.2) is 29.2 Å². The van der Waals surface area contributed by atoms with Crippen LogP contribution >= 0.6 is 0 Å². The Kier molecular flexibility index (Phi) is 5.05. The van der Waals surface area contributed by atoms with E-state index in [1.54, 1.807) is 25.3 Å². The molecule has 2 heterocycles. The van der Waals surface area contributed by atoms with E-state index in [0.717, 1.165) is 25.9 Å². The largest absolute Gasteiger partial charge is 0.381 e. The minimum absolute atomic E-state index is 0.130. The fourth-order valence-electron chi connectivity index (χ4n) is 3.35. The second-order valence-electron chi connectivity index (χ2n) is 6.53. The molecule has 0 N–H and O–H groups in total. The molecule has 0 radical (unpaired) electrons. The van der Waals surface area contributed by atoms with Gasteiger partial charge < -0.3 is 4.74 Å². The highest BCUT2D eigenvalue weighted by Gasteiger charge is 2.40. The summed E-state index contributed by atoms with van der Waals surface area (Å²) >= 11 is 0. The average Bonchev–Trinajstić information content (AvgIpc) is 2.54.